The van der Waals surface area contributed by atoms with Crippen molar-refractivity contribution in [2.75, 3.05) is 5.73 Å². The van der Waals surface area contributed by atoms with Crippen LogP contribution in [-0.2, 0) is 0 Å². The summed E-state index contributed by atoms with van der Waals surface area (Å²) in [6.45, 7) is 1.93. The van der Waals surface area contributed by atoms with Crippen molar-refractivity contribution in [3.63, 3.8) is 0 Å². The highest BCUT2D eigenvalue weighted by molar-refractivity contribution is 5.82. The van der Waals surface area contributed by atoms with E-state index in [2.05, 4.69) is 0 Å². The monoisotopic (exact) mass is 251 g/mol. The first-order chi connectivity index (χ1) is 9.15. The number of rotatable bonds is 1. The number of anilines is 1. The van der Waals surface area contributed by atoms with E-state index in [1.54, 1.807) is 12.1 Å². The Bertz CT molecular complexity index is 818. The normalized spacial score (nSPS) is 10.8. The summed E-state index contributed by atoms with van der Waals surface area (Å²) in [6, 6.07) is 14.9. The third-order valence-electron chi connectivity index (χ3n) is 3.23. The van der Waals surface area contributed by atoms with E-state index in [-0.39, 0.29) is 5.63 Å². The molecule has 0 spiro atoms. The van der Waals surface area contributed by atoms with Crippen LogP contribution in [0.4, 0.5) is 5.69 Å². The first kappa shape index (κ1) is 11.5. The lowest BCUT2D eigenvalue weighted by Crippen LogP contribution is -2.03. The Labute approximate surface area is 110 Å². The van der Waals surface area contributed by atoms with E-state index >= 15 is 0 Å². The van der Waals surface area contributed by atoms with Gasteiger partial charge < -0.3 is 10.2 Å². The smallest absolute Gasteiger partial charge is 0.344 e. The first-order valence-corrected chi connectivity index (χ1v) is 6.04. The fourth-order valence-corrected chi connectivity index (χ4v) is 2.07. The molecule has 0 aliphatic rings. The van der Waals surface area contributed by atoms with Gasteiger partial charge >= 0.3 is 5.63 Å². The zero-order valence-corrected chi connectivity index (χ0v) is 10.5. The highest BCUT2D eigenvalue weighted by Gasteiger charge is 2.08. The van der Waals surface area contributed by atoms with Crippen LogP contribution < -0.4 is 11.4 Å². The van der Waals surface area contributed by atoms with Crippen LogP contribution in [0.3, 0.4) is 0 Å². The second-order valence-electron chi connectivity index (χ2n) is 4.56. The van der Waals surface area contributed by atoms with E-state index in [9.17, 15) is 4.79 Å². The summed E-state index contributed by atoms with van der Waals surface area (Å²) >= 11 is 0. The highest BCUT2D eigenvalue weighted by atomic mass is 16.4. The van der Waals surface area contributed by atoms with Gasteiger partial charge in [-0.1, -0.05) is 30.3 Å². The quantitative estimate of drug-likeness (QED) is 0.533. The number of nitrogen functional groups attached to an aromatic ring is 1. The Morgan fingerprint density at radius 2 is 1.84 bits per heavy atom. The first-order valence-electron chi connectivity index (χ1n) is 6.04. The summed E-state index contributed by atoms with van der Waals surface area (Å²) in [6.07, 6.45) is 0. The minimum Gasteiger partial charge on any atom is -0.422 e. The van der Waals surface area contributed by atoms with E-state index in [1.165, 1.54) is 0 Å². The molecule has 19 heavy (non-hydrogen) atoms. The number of nitrogens with two attached hydrogens (primary N) is 1. The Morgan fingerprint density at radius 1 is 1.05 bits per heavy atom. The van der Waals surface area contributed by atoms with E-state index < -0.39 is 0 Å². The number of aryl methyl sites for hydroxylation is 1. The molecule has 2 N–H and O–H groups in total. The van der Waals surface area contributed by atoms with Crippen molar-refractivity contribution in [3.8, 4) is 11.1 Å². The van der Waals surface area contributed by atoms with Gasteiger partial charge in [-0.2, -0.15) is 0 Å². The van der Waals surface area contributed by atoms with Crippen LogP contribution in [0, 0.1) is 6.92 Å². The molecule has 0 fully saturated rings. The Kier molecular flexibility index (Phi) is 2.60. The Balaban J connectivity index is 2.27. The molecule has 3 heteroatoms. The lowest BCUT2D eigenvalue weighted by molar-refractivity contribution is 0.563. The van der Waals surface area contributed by atoms with Gasteiger partial charge in [-0.25, -0.2) is 4.79 Å². The van der Waals surface area contributed by atoms with Crippen molar-refractivity contribution in [3.05, 3.63) is 64.5 Å². The van der Waals surface area contributed by atoms with Crippen molar-refractivity contribution in [1.29, 1.82) is 0 Å². The van der Waals surface area contributed by atoms with E-state index in [0.29, 0.717) is 16.8 Å². The van der Waals surface area contributed by atoms with E-state index in [1.807, 2.05) is 43.3 Å². The van der Waals surface area contributed by atoms with Gasteiger partial charge in [0.05, 0.1) is 5.56 Å². The molecule has 0 aliphatic heterocycles. The van der Waals surface area contributed by atoms with Gasteiger partial charge in [-0.15, -0.1) is 0 Å². The third kappa shape index (κ3) is 1.99. The molecule has 0 unspecified atom stereocenters. The maximum absolute atomic E-state index is 12.0. The maximum atomic E-state index is 12.0. The average molecular weight is 251 g/mol. The molecule has 0 radical (unpaired) electrons. The van der Waals surface area contributed by atoms with Crippen LogP contribution in [0.5, 0.6) is 0 Å². The molecular weight excluding hydrogens is 238 g/mol. The standard InChI is InChI=1S/C16H13NO2/c1-10-6-7-11(9-14(10)17)13-8-12-4-2-3-5-15(12)19-16(13)18/h2-9H,17H2,1H3. The molecule has 1 aromatic heterocycles. The minimum absolute atomic E-state index is 0.345. The Hall–Kier alpha value is -2.55. The maximum Gasteiger partial charge on any atom is 0.344 e. The van der Waals surface area contributed by atoms with Gasteiger partial charge in [0.1, 0.15) is 5.58 Å². The Morgan fingerprint density at radius 3 is 2.63 bits per heavy atom. The molecule has 3 aromatic rings. The predicted octanol–water partition coefficient (Wildman–Crippen LogP) is 3.35. The van der Waals surface area contributed by atoms with Gasteiger partial charge in [0.25, 0.3) is 0 Å². The van der Waals surface area contributed by atoms with Crippen molar-refractivity contribution >= 4 is 16.7 Å². The number of hydrogen-bond acceptors (Lipinski definition) is 3. The lowest BCUT2D eigenvalue weighted by Gasteiger charge is -2.05. The molecule has 3 nitrogen and oxygen atoms in total. The molecule has 0 bridgehead atoms. The molecule has 0 saturated heterocycles. The van der Waals surface area contributed by atoms with Gasteiger partial charge in [0, 0.05) is 11.1 Å². The zero-order valence-electron chi connectivity index (χ0n) is 10.5. The summed E-state index contributed by atoms with van der Waals surface area (Å²) in [7, 11) is 0. The number of para-hydroxylation sites is 1. The molecular formula is C16H13NO2. The molecule has 3 rings (SSSR count). The van der Waals surface area contributed by atoms with Gasteiger partial charge in [-0.3, -0.25) is 0 Å². The molecule has 1 heterocycles. The molecule has 2 aromatic carbocycles. The largest absolute Gasteiger partial charge is 0.422 e. The summed E-state index contributed by atoms with van der Waals surface area (Å²) in [5.41, 5.74) is 9.12. The second kappa shape index (κ2) is 4.28. The van der Waals surface area contributed by atoms with Crippen LogP contribution in [-0.4, -0.2) is 0 Å². The topological polar surface area (TPSA) is 56.2 Å². The number of benzene rings is 2. The average Bonchev–Trinajstić information content (AvgIpc) is 2.41. The third-order valence-corrected chi connectivity index (χ3v) is 3.23. The lowest BCUT2D eigenvalue weighted by atomic mass is 10.0. The van der Waals surface area contributed by atoms with Crippen LogP contribution in [0.25, 0.3) is 22.1 Å². The van der Waals surface area contributed by atoms with Crippen molar-refractivity contribution < 1.29 is 4.42 Å². The predicted molar refractivity (Wildman–Crippen MR) is 77.1 cm³/mol. The van der Waals surface area contributed by atoms with Crippen LogP contribution in [0.15, 0.2) is 57.7 Å². The summed E-state index contributed by atoms with van der Waals surface area (Å²) < 4.78 is 5.32. The number of fused-ring (bicyclic) bond motifs is 1. The summed E-state index contributed by atoms with van der Waals surface area (Å²) in [5, 5.41) is 0.899. The van der Waals surface area contributed by atoms with Crippen LogP contribution >= 0.6 is 0 Å². The SMILES string of the molecule is Cc1ccc(-c2cc3ccccc3oc2=O)cc1N. The van der Waals surface area contributed by atoms with Gasteiger partial charge in [-0.05, 0) is 36.2 Å². The van der Waals surface area contributed by atoms with Gasteiger partial charge in [0.15, 0.2) is 0 Å². The van der Waals surface area contributed by atoms with Gasteiger partial charge in [0.2, 0.25) is 0 Å². The van der Waals surface area contributed by atoms with Crippen LogP contribution in [0.1, 0.15) is 5.56 Å². The molecule has 0 aliphatic carbocycles. The van der Waals surface area contributed by atoms with Crippen LogP contribution in [0.2, 0.25) is 0 Å². The van der Waals surface area contributed by atoms with Crippen molar-refractivity contribution in [2.45, 2.75) is 6.92 Å². The highest BCUT2D eigenvalue weighted by Crippen LogP contribution is 2.24. The van der Waals surface area contributed by atoms with E-state index in [4.69, 9.17) is 10.2 Å². The summed E-state index contributed by atoms with van der Waals surface area (Å²) in [5.74, 6) is 0. The van der Waals surface area contributed by atoms with E-state index in [0.717, 1.165) is 16.5 Å². The summed E-state index contributed by atoms with van der Waals surface area (Å²) in [4.78, 5) is 12.0. The molecule has 0 saturated carbocycles. The second-order valence-corrected chi connectivity index (χ2v) is 4.56. The molecule has 0 atom stereocenters. The van der Waals surface area contributed by atoms with Crippen molar-refractivity contribution in [1.82, 2.24) is 0 Å². The molecule has 94 valence electrons. The molecule has 0 amide bonds. The van der Waals surface area contributed by atoms with Crippen molar-refractivity contribution in [2.24, 2.45) is 0 Å². The number of hydrogen-bond donors (Lipinski definition) is 1. The minimum atomic E-state index is -0.345. The fraction of sp³-hybridized carbons (Fsp3) is 0.0625. The fourth-order valence-electron chi connectivity index (χ4n) is 2.07. The zero-order chi connectivity index (χ0) is 13.4.